The Hall–Kier alpha value is -0.120. The summed E-state index contributed by atoms with van der Waals surface area (Å²) in [7, 11) is 4.32. The molecule has 0 saturated carbocycles. The molecule has 1 rings (SSSR count). The summed E-state index contributed by atoms with van der Waals surface area (Å²) in [5.74, 6) is 1.31. The molecule has 2 atom stereocenters. The predicted molar refractivity (Wildman–Crippen MR) is 63.9 cm³/mol. The Kier molecular flexibility index (Phi) is 5.03. The summed E-state index contributed by atoms with van der Waals surface area (Å²) >= 11 is 0. The van der Waals surface area contributed by atoms with Crippen LogP contribution in [0, 0.1) is 11.8 Å². The van der Waals surface area contributed by atoms with Gasteiger partial charge in [0, 0.05) is 19.1 Å². The van der Waals surface area contributed by atoms with Gasteiger partial charge in [0.2, 0.25) is 0 Å². The van der Waals surface area contributed by atoms with Gasteiger partial charge in [0.05, 0.1) is 6.61 Å². The van der Waals surface area contributed by atoms with Crippen LogP contribution in [-0.4, -0.2) is 61.3 Å². The molecule has 1 aliphatic heterocycles. The number of nitrogens with zero attached hydrogens (tertiary/aromatic N) is 2. The van der Waals surface area contributed by atoms with Crippen LogP contribution in [0.15, 0.2) is 0 Å². The molecule has 15 heavy (non-hydrogen) atoms. The van der Waals surface area contributed by atoms with E-state index in [1.807, 2.05) is 0 Å². The topological polar surface area (TPSA) is 26.7 Å². The predicted octanol–water partition coefficient (Wildman–Crippen LogP) is 0.887. The van der Waals surface area contributed by atoms with E-state index in [1.54, 1.807) is 0 Å². The lowest BCUT2D eigenvalue weighted by Gasteiger charge is -2.31. The van der Waals surface area contributed by atoms with Gasteiger partial charge >= 0.3 is 0 Å². The second-order valence-corrected chi connectivity index (χ2v) is 5.35. The van der Waals surface area contributed by atoms with Crippen LogP contribution >= 0.6 is 0 Å². The minimum atomic E-state index is 0.275. The number of hydrogen-bond acceptors (Lipinski definition) is 3. The number of likely N-dealkylation sites (tertiary alicyclic amines) is 1. The molecule has 0 aromatic rings. The summed E-state index contributed by atoms with van der Waals surface area (Å²) in [6, 6.07) is 0.316. The standard InChI is InChI=1S/C12H26N2O/c1-10(2)12(9-15)14(4)8-11-5-6-13(3)7-11/h10-12,15H,5-9H2,1-4H3. The van der Waals surface area contributed by atoms with E-state index in [0.717, 1.165) is 12.5 Å². The first kappa shape index (κ1) is 12.9. The molecule has 1 saturated heterocycles. The number of aliphatic hydroxyl groups is 1. The minimum absolute atomic E-state index is 0.275. The van der Waals surface area contributed by atoms with E-state index < -0.39 is 0 Å². The highest BCUT2D eigenvalue weighted by molar-refractivity contribution is 4.79. The van der Waals surface area contributed by atoms with Crippen molar-refractivity contribution in [1.82, 2.24) is 9.80 Å². The van der Waals surface area contributed by atoms with Gasteiger partial charge in [-0.25, -0.2) is 0 Å². The monoisotopic (exact) mass is 214 g/mol. The molecule has 0 aromatic heterocycles. The maximum Gasteiger partial charge on any atom is 0.0589 e. The van der Waals surface area contributed by atoms with E-state index in [9.17, 15) is 5.11 Å². The molecule has 0 bridgehead atoms. The molecule has 0 radical (unpaired) electrons. The Balaban J connectivity index is 2.36. The zero-order chi connectivity index (χ0) is 11.4. The van der Waals surface area contributed by atoms with Crippen LogP contribution in [0.5, 0.6) is 0 Å². The molecule has 0 aliphatic carbocycles. The van der Waals surface area contributed by atoms with Crippen molar-refractivity contribution in [3.63, 3.8) is 0 Å². The zero-order valence-corrected chi connectivity index (χ0v) is 10.6. The summed E-state index contributed by atoms with van der Waals surface area (Å²) in [5, 5.41) is 9.34. The summed E-state index contributed by atoms with van der Waals surface area (Å²) in [4.78, 5) is 4.72. The lowest BCUT2D eigenvalue weighted by molar-refractivity contribution is 0.100. The summed E-state index contributed by atoms with van der Waals surface area (Å²) < 4.78 is 0. The van der Waals surface area contributed by atoms with E-state index in [0.29, 0.717) is 12.0 Å². The number of hydrogen-bond donors (Lipinski definition) is 1. The van der Waals surface area contributed by atoms with E-state index in [1.165, 1.54) is 19.5 Å². The highest BCUT2D eigenvalue weighted by atomic mass is 16.3. The fraction of sp³-hybridized carbons (Fsp3) is 1.00. The van der Waals surface area contributed by atoms with Crippen molar-refractivity contribution >= 4 is 0 Å². The quantitative estimate of drug-likeness (QED) is 0.736. The van der Waals surface area contributed by atoms with Gasteiger partial charge in [-0.15, -0.1) is 0 Å². The third-order valence-corrected chi connectivity index (χ3v) is 3.56. The molecule has 90 valence electrons. The molecule has 0 amide bonds. The van der Waals surface area contributed by atoms with Gasteiger partial charge in [-0.1, -0.05) is 13.8 Å². The van der Waals surface area contributed by atoms with Gasteiger partial charge in [-0.05, 0) is 38.9 Å². The Morgan fingerprint density at radius 3 is 2.53 bits per heavy atom. The summed E-state index contributed by atoms with van der Waals surface area (Å²) in [6.45, 7) is 8.19. The van der Waals surface area contributed by atoms with Gasteiger partial charge in [0.1, 0.15) is 0 Å². The fourth-order valence-electron chi connectivity index (χ4n) is 2.58. The second kappa shape index (κ2) is 5.83. The Morgan fingerprint density at radius 2 is 2.13 bits per heavy atom. The maximum atomic E-state index is 9.34. The smallest absolute Gasteiger partial charge is 0.0589 e. The third-order valence-electron chi connectivity index (χ3n) is 3.56. The van der Waals surface area contributed by atoms with Gasteiger partial charge < -0.3 is 14.9 Å². The van der Waals surface area contributed by atoms with Crippen molar-refractivity contribution in [2.24, 2.45) is 11.8 Å². The molecule has 0 aromatic carbocycles. The van der Waals surface area contributed by atoms with Crippen molar-refractivity contribution < 1.29 is 5.11 Å². The lowest BCUT2D eigenvalue weighted by Crippen LogP contribution is -2.41. The molecule has 2 unspecified atom stereocenters. The van der Waals surface area contributed by atoms with Crippen molar-refractivity contribution in [2.75, 3.05) is 40.3 Å². The van der Waals surface area contributed by atoms with Gasteiger partial charge in [0.15, 0.2) is 0 Å². The van der Waals surface area contributed by atoms with Crippen molar-refractivity contribution in [3.05, 3.63) is 0 Å². The summed E-state index contributed by atoms with van der Waals surface area (Å²) in [6.07, 6.45) is 1.30. The van der Waals surface area contributed by atoms with Crippen LogP contribution in [-0.2, 0) is 0 Å². The molecular formula is C12H26N2O. The second-order valence-electron chi connectivity index (χ2n) is 5.35. The molecule has 1 heterocycles. The first-order chi connectivity index (χ1) is 7.04. The van der Waals surface area contributed by atoms with E-state index in [2.05, 4.69) is 37.7 Å². The average Bonchev–Trinajstić information content (AvgIpc) is 2.51. The van der Waals surface area contributed by atoms with Gasteiger partial charge in [-0.3, -0.25) is 0 Å². The van der Waals surface area contributed by atoms with Crippen LogP contribution in [0.1, 0.15) is 20.3 Å². The minimum Gasteiger partial charge on any atom is -0.395 e. The molecule has 0 spiro atoms. The molecule has 1 fully saturated rings. The van der Waals surface area contributed by atoms with Crippen LogP contribution in [0.2, 0.25) is 0 Å². The van der Waals surface area contributed by atoms with Crippen molar-refractivity contribution in [3.8, 4) is 0 Å². The largest absolute Gasteiger partial charge is 0.395 e. The van der Waals surface area contributed by atoms with Gasteiger partial charge in [0.25, 0.3) is 0 Å². The van der Waals surface area contributed by atoms with E-state index in [-0.39, 0.29) is 6.61 Å². The first-order valence-corrected chi connectivity index (χ1v) is 6.04. The highest BCUT2D eigenvalue weighted by Gasteiger charge is 2.24. The maximum absolute atomic E-state index is 9.34. The number of likely N-dealkylation sites (N-methyl/N-ethyl adjacent to an activating group) is 1. The molecule has 1 N–H and O–H groups in total. The highest BCUT2D eigenvalue weighted by Crippen LogP contribution is 2.18. The summed E-state index contributed by atoms with van der Waals surface area (Å²) in [5.41, 5.74) is 0. The van der Waals surface area contributed by atoms with Crippen LogP contribution in [0.25, 0.3) is 0 Å². The van der Waals surface area contributed by atoms with E-state index >= 15 is 0 Å². The molecule has 3 nitrogen and oxygen atoms in total. The Morgan fingerprint density at radius 1 is 1.47 bits per heavy atom. The molecular weight excluding hydrogens is 188 g/mol. The number of aliphatic hydroxyl groups excluding tert-OH is 1. The van der Waals surface area contributed by atoms with Crippen LogP contribution < -0.4 is 0 Å². The SMILES string of the molecule is CC(C)C(CO)N(C)CC1CCN(C)C1. The Labute approximate surface area is 94.1 Å². The van der Waals surface area contributed by atoms with Crippen LogP contribution in [0.3, 0.4) is 0 Å². The van der Waals surface area contributed by atoms with E-state index in [4.69, 9.17) is 0 Å². The van der Waals surface area contributed by atoms with Crippen molar-refractivity contribution in [1.29, 1.82) is 0 Å². The van der Waals surface area contributed by atoms with Crippen molar-refractivity contribution in [2.45, 2.75) is 26.3 Å². The normalized spacial score (nSPS) is 25.4. The lowest BCUT2D eigenvalue weighted by atomic mass is 10.0. The van der Waals surface area contributed by atoms with Gasteiger partial charge in [-0.2, -0.15) is 0 Å². The first-order valence-electron chi connectivity index (χ1n) is 6.04. The number of rotatable bonds is 5. The fourth-order valence-corrected chi connectivity index (χ4v) is 2.58. The molecule has 3 heteroatoms. The van der Waals surface area contributed by atoms with Crippen LogP contribution in [0.4, 0.5) is 0 Å². The third kappa shape index (κ3) is 3.74. The molecule has 1 aliphatic rings. The average molecular weight is 214 g/mol. The zero-order valence-electron chi connectivity index (χ0n) is 10.6. The Bertz CT molecular complexity index is 184.